The summed E-state index contributed by atoms with van der Waals surface area (Å²) in [5.74, 6) is 0.622. The fraction of sp³-hybridized carbons (Fsp3) is 0.429. The molecule has 2 rings (SSSR count). The van der Waals surface area contributed by atoms with Gasteiger partial charge in [-0.1, -0.05) is 6.92 Å². The molecule has 0 fully saturated rings. The van der Waals surface area contributed by atoms with Crippen LogP contribution in [0.3, 0.4) is 0 Å². The highest BCUT2D eigenvalue weighted by Crippen LogP contribution is 2.22. The zero-order chi connectivity index (χ0) is 14.7. The Morgan fingerprint density at radius 1 is 1.40 bits per heavy atom. The van der Waals surface area contributed by atoms with Crippen molar-refractivity contribution in [2.24, 2.45) is 0 Å². The number of ether oxygens (including phenoxy) is 1. The summed E-state index contributed by atoms with van der Waals surface area (Å²) < 4.78 is 6.80. The molecule has 0 atom stereocenters. The lowest BCUT2D eigenvalue weighted by Gasteiger charge is -2.06. The third-order valence-electron chi connectivity index (χ3n) is 3.05. The average Bonchev–Trinajstić information content (AvgIpc) is 2.99. The van der Waals surface area contributed by atoms with Crippen molar-refractivity contribution in [3.8, 4) is 0 Å². The number of rotatable bonds is 5. The summed E-state index contributed by atoms with van der Waals surface area (Å²) in [5.41, 5.74) is 6.23. The number of thiophene rings is 1. The van der Waals surface area contributed by atoms with Crippen molar-refractivity contribution in [3.05, 3.63) is 33.4 Å². The van der Waals surface area contributed by atoms with Gasteiger partial charge in [-0.2, -0.15) is 0 Å². The number of nitrogen functional groups attached to an aromatic ring is 1. The number of imidazole rings is 1. The molecule has 0 bridgehead atoms. The lowest BCUT2D eigenvalue weighted by molar-refractivity contribution is 0.0521. The van der Waals surface area contributed by atoms with E-state index in [0.29, 0.717) is 19.0 Å². The molecule has 0 unspecified atom stereocenters. The van der Waals surface area contributed by atoms with E-state index in [2.05, 4.69) is 24.0 Å². The molecule has 0 saturated heterocycles. The van der Waals surface area contributed by atoms with E-state index in [9.17, 15) is 4.79 Å². The zero-order valence-corrected chi connectivity index (χ0v) is 12.8. The summed E-state index contributed by atoms with van der Waals surface area (Å²) in [6.45, 7) is 6.68. The van der Waals surface area contributed by atoms with Crippen molar-refractivity contribution in [3.63, 3.8) is 0 Å². The van der Waals surface area contributed by atoms with Crippen molar-refractivity contribution < 1.29 is 9.53 Å². The molecule has 0 aliphatic rings. The van der Waals surface area contributed by atoms with Gasteiger partial charge in [0.15, 0.2) is 5.69 Å². The summed E-state index contributed by atoms with van der Waals surface area (Å²) >= 11 is 1.75. The molecule has 2 N–H and O–H groups in total. The maximum absolute atomic E-state index is 11.8. The number of nitrogens with zero attached hydrogens (tertiary/aromatic N) is 2. The van der Waals surface area contributed by atoms with Crippen molar-refractivity contribution in [1.82, 2.24) is 9.55 Å². The topological polar surface area (TPSA) is 70.1 Å². The Balaban J connectivity index is 2.26. The summed E-state index contributed by atoms with van der Waals surface area (Å²) in [4.78, 5) is 18.5. The first kappa shape index (κ1) is 14.6. The summed E-state index contributed by atoms with van der Waals surface area (Å²) in [6.07, 6.45) is 1.02. The second-order valence-electron chi connectivity index (χ2n) is 4.42. The number of aryl methyl sites for hydroxylation is 2. The Hall–Kier alpha value is -1.82. The van der Waals surface area contributed by atoms with E-state index < -0.39 is 5.97 Å². The number of carbonyl (C=O) groups is 1. The van der Waals surface area contributed by atoms with Crippen LogP contribution in [0.2, 0.25) is 0 Å². The highest BCUT2D eigenvalue weighted by Gasteiger charge is 2.19. The molecular formula is C14H19N3O2S. The Morgan fingerprint density at radius 2 is 2.10 bits per heavy atom. The number of hydrogen-bond donors (Lipinski definition) is 1. The Kier molecular flexibility index (Phi) is 4.44. The van der Waals surface area contributed by atoms with Crippen molar-refractivity contribution in [2.45, 2.75) is 33.7 Å². The second kappa shape index (κ2) is 6.09. The number of esters is 1. The maximum Gasteiger partial charge on any atom is 0.360 e. The van der Waals surface area contributed by atoms with E-state index in [4.69, 9.17) is 10.5 Å². The molecule has 2 aromatic heterocycles. The minimum atomic E-state index is -0.465. The maximum atomic E-state index is 11.8. The van der Waals surface area contributed by atoms with Crippen LogP contribution >= 0.6 is 11.3 Å². The van der Waals surface area contributed by atoms with Crippen LogP contribution in [0.1, 0.15) is 39.9 Å². The SMILES string of the molecule is CCOC(=O)c1nc(C)n(Cc2ccc(CC)s2)c1N. The molecule has 108 valence electrons. The number of nitrogens with two attached hydrogens (primary N) is 1. The average molecular weight is 293 g/mol. The van der Waals surface area contributed by atoms with Crippen LogP contribution in [-0.4, -0.2) is 22.1 Å². The van der Waals surface area contributed by atoms with Crippen LogP contribution in [0, 0.1) is 6.92 Å². The van der Waals surface area contributed by atoms with Gasteiger partial charge in [0.2, 0.25) is 0 Å². The van der Waals surface area contributed by atoms with Gasteiger partial charge in [-0.05, 0) is 32.4 Å². The van der Waals surface area contributed by atoms with Gasteiger partial charge in [0.25, 0.3) is 0 Å². The van der Waals surface area contributed by atoms with Crippen molar-refractivity contribution in [1.29, 1.82) is 0 Å². The zero-order valence-electron chi connectivity index (χ0n) is 12.0. The predicted molar refractivity (Wildman–Crippen MR) is 80.1 cm³/mol. The van der Waals surface area contributed by atoms with Gasteiger partial charge in [-0.15, -0.1) is 11.3 Å². The smallest absolute Gasteiger partial charge is 0.360 e. The standard InChI is InChI=1S/C14H19N3O2S/c1-4-10-6-7-11(20-10)8-17-9(3)16-12(13(17)15)14(18)19-5-2/h6-7H,4-5,8,15H2,1-3H3. The van der Waals surface area contributed by atoms with Crippen LogP contribution in [0.4, 0.5) is 5.82 Å². The number of carbonyl (C=O) groups excluding carboxylic acids is 1. The lowest BCUT2D eigenvalue weighted by Crippen LogP contribution is -2.10. The minimum Gasteiger partial charge on any atom is -0.461 e. The molecule has 2 heterocycles. The van der Waals surface area contributed by atoms with E-state index in [1.165, 1.54) is 9.75 Å². The molecule has 0 aliphatic carbocycles. The monoisotopic (exact) mass is 293 g/mol. The molecule has 0 spiro atoms. The quantitative estimate of drug-likeness (QED) is 0.860. The minimum absolute atomic E-state index is 0.205. The van der Waals surface area contributed by atoms with E-state index in [1.54, 1.807) is 18.3 Å². The molecule has 0 aromatic carbocycles. The fourth-order valence-electron chi connectivity index (χ4n) is 1.98. The van der Waals surface area contributed by atoms with E-state index in [1.807, 2.05) is 11.5 Å². The van der Waals surface area contributed by atoms with Gasteiger partial charge in [-0.3, -0.25) is 0 Å². The van der Waals surface area contributed by atoms with Gasteiger partial charge in [0, 0.05) is 9.75 Å². The first-order chi connectivity index (χ1) is 9.56. The molecule has 20 heavy (non-hydrogen) atoms. The fourth-order valence-corrected chi connectivity index (χ4v) is 2.93. The van der Waals surface area contributed by atoms with Gasteiger partial charge in [-0.25, -0.2) is 9.78 Å². The van der Waals surface area contributed by atoms with E-state index in [-0.39, 0.29) is 5.69 Å². The van der Waals surface area contributed by atoms with E-state index >= 15 is 0 Å². The third kappa shape index (κ3) is 2.85. The van der Waals surface area contributed by atoms with Crippen LogP contribution < -0.4 is 5.73 Å². The summed E-state index contributed by atoms with van der Waals surface area (Å²) in [6, 6.07) is 4.21. The highest BCUT2D eigenvalue weighted by atomic mass is 32.1. The van der Waals surface area contributed by atoms with Crippen molar-refractivity contribution in [2.75, 3.05) is 12.3 Å². The van der Waals surface area contributed by atoms with Crippen LogP contribution in [0.25, 0.3) is 0 Å². The van der Waals surface area contributed by atoms with Gasteiger partial charge >= 0.3 is 5.97 Å². The molecule has 5 nitrogen and oxygen atoms in total. The Morgan fingerprint density at radius 3 is 2.70 bits per heavy atom. The molecule has 2 aromatic rings. The Labute approximate surface area is 122 Å². The predicted octanol–water partition coefficient (Wildman–Crippen LogP) is 2.62. The lowest BCUT2D eigenvalue weighted by atomic mass is 10.3. The van der Waals surface area contributed by atoms with Gasteiger partial charge in [0.05, 0.1) is 13.2 Å². The number of aromatic nitrogens is 2. The third-order valence-corrected chi connectivity index (χ3v) is 4.26. The summed E-state index contributed by atoms with van der Waals surface area (Å²) in [7, 11) is 0. The molecular weight excluding hydrogens is 274 g/mol. The van der Waals surface area contributed by atoms with Crippen LogP contribution in [0.5, 0.6) is 0 Å². The van der Waals surface area contributed by atoms with Crippen LogP contribution in [-0.2, 0) is 17.7 Å². The largest absolute Gasteiger partial charge is 0.461 e. The number of anilines is 1. The number of hydrogen-bond acceptors (Lipinski definition) is 5. The first-order valence-electron chi connectivity index (χ1n) is 6.64. The highest BCUT2D eigenvalue weighted by molar-refractivity contribution is 7.11. The summed E-state index contributed by atoms with van der Waals surface area (Å²) in [5, 5.41) is 0. The van der Waals surface area contributed by atoms with Crippen LogP contribution in [0.15, 0.2) is 12.1 Å². The van der Waals surface area contributed by atoms with Gasteiger partial charge in [0.1, 0.15) is 11.6 Å². The molecule has 6 heteroatoms. The van der Waals surface area contributed by atoms with Gasteiger partial charge < -0.3 is 15.0 Å². The Bertz CT molecular complexity index is 616. The molecule has 0 aliphatic heterocycles. The molecule has 0 saturated carbocycles. The van der Waals surface area contributed by atoms with E-state index in [0.717, 1.165) is 12.2 Å². The first-order valence-corrected chi connectivity index (χ1v) is 7.45. The molecule has 0 amide bonds. The second-order valence-corrected chi connectivity index (χ2v) is 5.67. The van der Waals surface area contributed by atoms with Crippen molar-refractivity contribution >= 4 is 23.1 Å². The molecule has 0 radical (unpaired) electrons. The normalized spacial score (nSPS) is 10.8.